The van der Waals surface area contributed by atoms with E-state index in [1.165, 1.54) is 23.9 Å². The van der Waals surface area contributed by atoms with Crippen LogP contribution in [0.3, 0.4) is 0 Å². The van der Waals surface area contributed by atoms with Crippen LogP contribution in [0.4, 0.5) is 0 Å². The Kier molecular flexibility index (Phi) is 6.95. The van der Waals surface area contributed by atoms with Crippen LogP contribution in [0.2, 0.25) is 5.15 Å². The Labute approximate surface area is 170 Å². The van der Waals surface area contributed by atoms with Crippen LogP contribution in [0.1, 0.15) is 48.2 Å². The molecule has 1 amide bonds. The lowest BCUT2D eigenvalue weighted by Crippen LogP contribution is -2.59. The number of carbonyl (C=O) groups excluding carboxylic acids is 2. The van der Waals surface area contributed by atoms with E-state index in [0.717, 1.165) is 39.1 Å². The predicted octanol–water partition coefficient (Wildman–Crippen LogP) is 1.69. The van der Waals surface area contributed by atoms with Crippen molar-refractivity contribution >= 4 is 23.5 Å². The van der Waals surface area contributed by atoms with Crippen LogP contribution in [0.25, 0.3) is 0 Å². The van der Waals surface area contributed by atoms with Crippen LogP contribution in [0, 0.1) is 6.92 Å². The lowest BCUT2D eigenvalue weighted by Gasteiger charge is -2.48. The highest BCUT2D eigenvalue weighted by Crippen LogP contribution is 2.33. The maximum Gasteiger partial charge on any atom is 0.343 e. The van der Waals surface area contributed by atoms with Gasteiger partial charge in [0.05, 0.1) is 18.9 Å². The van der Waals surface area contributed by atoms with Gasteiger partial charge in [-0.2, -0.15) is 5.10 Å². The van der Waals surface area contributed by atoms with Crippen molar-refractivity contribution in [3.05, 3.63) is 16.4 Å². The fourth-order valence-electron chi connectivity index (χ4n) is 4.23. The van der Waals surface area contributed by atoms with Crippen molar-refractivity contribution in [3.63, 3.8) is 0 Å². The number of halogens is 1. The van der Waals surface area contributed by atoms with Gasteiger partial charge in [0, 0.05) is 32.2 Å². The van der Waals surface area contributed by atoms with Crippen molar-refractivity contribution in [2.45, 2.75) is 44.6 Å². The number of hydrogen-bond acceptors (Lipinski definition) is 6. The van der Waals surface area contributed by atoms with Gasteiger partial charge in [0.1, 0.15) is 10.7 Å². The first kappa shape index (κ1) is 21.1. The molecule has 1 aliphatic heterocycles. The molecule has 1 saturated heterocycles. The van der Waals surface area contributed by atoms with Crippen molar-refractivity contribution in [2.24, 2.45) is 7.05 Å². The van der Waals surface area contributed by atoms with E-state index in [4.69, 9.17) is 21.1 Å². The molecule has 1 N–H and O–H groups in total. The van der Waals surface area contributed by atoms with E-state index in [0.29, 0.717) is 12.2 Å². The molecule has 156 valence electrons. The molecule has 0 spiro atoms. The van der Waals surface area contributed by atoms with Crippen molar-refractivity contribution in [3.8, 4) is 0 Å². The number of ether oxygens (including phenoxy) is 2. The van der Waals surface area contributed by atoms with Crippen LogP contribution >= 0.6 is 11.6 Å². The van der Waals surface area contributed by atoms with Crippen LogP contribution in [-0.2, 0) is 21.3 Å². The third-order valence-electron chi connectivity index (χ3n) is 5.77. The maximum atomic E-state index is 12.3. The van der Waals surface area contributed by atoms with Gasteiger partial charge >= 0.3 is 5.97 Å². The largest absolute Gasteiger partial charge is 0.452 e. The summed E-state index contributed by atoms with van der Waals surface area (Å²) in [5, 5.41) is 7.27. The highest BCUT2D eigenvalue weighted by atomic mass is 35.5. The fraction of sp³-hybridized carbons (Fsp3) is 0.737. The summed E-state index contributed by atoms with van der Waals surface area (Å²) >= 11 is 6.07. The monoisotopic (exact) mass is 412 g/mol. The summed E-state index contributed by atoms with van der Waals surface area (Å²) < 4.78 is 12.1. The van der Waals surface area contributed by atoms with E-state index in [9.17, 15) is 9.59 Å². The second-order valence-corrected chi connectivity index (χ2v) is 7.97. The molecule has 0 bridgehead atoms. The standard InChI is InChI=1S/C19H29ClN4O4/c1-14-16(17(20)23(2)22-14)18(26)28-12-15(25)21-13-19(6-4-3-5-7-19)24-8-10-27-11-9-24/h3-13H2,1-2H3,(H,21,25). The number of aryl methyl sites for hydroxylation is 2. The third kappa shape index (κ3) is 4.67. The zero-order valence-electron chi connectivity index (χ0n) is 16.6. The highest BCUT2D eigenvalue weighted by Gasteiger charge is 2.38. The van der Waals surface area contributed by atoms with Gasteiger partial charge in [-0.15, -0.1) is 0 Å². The first-order valence-corrected chi connectivity index (χ1v) is 10.3. The summed E-state index contributed by atoms with van der Waals surface area (Å²) in [6.45, 7) is 5.17. The van der Waals surface area contributed by atoms with E-state index in [1.807, 2.05) is 0 Å². The van der Waals surface area contributed by atoms with Gasteiger partial charge in [0.15, 0.2) is 6.61 Å². The van der Waals surface area contributed by atoms with Gasteiger partial charge in [-0.25, -0.2) is 4.79 Å². The molecular weight excluding hydrogens is 384 g/mol. The number of aromatic nitrogens is 2. The SMILES string of the molecule is Cc1nn(C)c(Cl)c1C(=O)OCC(=O)NCC1(N2CCOCC2)CCCCC1. The number of amides is 1. The Morgan fingerprint density at radius 2 is 1.93 bits per heavy atom. The van der Waals surface area contributed by atoms with E-state index >= 15 is 0 Å². The minimum atomic E-state index is -0.633. The van der Waals surface area contributed by atoms with Gasteiger partial charge in [-0.1, -0.05) is 30.9 Å². The predicted molar refractivity (Wildman–Crippen MR) is 104 cm³/mol. The quantitative estimate of drug-likeness (QED) is 0.715. The fourth-order valence-corrected chi connectivity index (χ4v) is 4.48. The van der Waals surface area contributed by atoms with Crippen molar-refractivity contribution in [1.29, 1.82) is 0 Å². The summed E-state index contributed by atoms with van der Waals surface area (Å²) in [6, 6.07) is 0. The van der Waals surface area contributed by atoms with Gasteiger partial charge in [0.2, 0.25) is 0 Å². The Hall–Kier alpha value is -1.64. The molecule has 1 aromatic rings. The minimum Gasteiger partial charge on any atom is -0.452 e. The summed E-state index contributed by atoms with van der Waals surface area (Å²) in [7, 11) is 1.65. The molecule has 0 radical (unpaired) electrons. The van der Waals surface area contributed by atoms with Gasteiger partial charge in [-0.05, 0) is 19.8 Å². The normalized spacial score (nSPS) is 20.0. The number of morpholine rings is 1. The molecule has 2 heterocycles. The van der Waals surface area contributed by atoms with Crippen LogP contribution < -0.4 is 5.32 Å². The van der Waals surface area contributed by atoms with Crippen molar-refractivity contribution in [2.75, 3.05) is 39.5 Å². The number of hydrogen-bond donors (Lipinski definition) is 1. The number of nitrogens with zero attached hydrogens (tertiary/aromatic N) is 3. The molecule has 2 fully saturated rings. The first-order valence-electron chi connectivity index (χ1n) is 9.89. The lowest BCUT2D eigenvalue weighted by atomic mass is 9.79. The van der Waals surface area contributed by atoms with E-state index in [2.05, 4.69) is 15.3 Å². The maximum absolute atomic E-state index is 12.3. The summed E-state index contributed by atoms with van der Waals surface area (Å²) in [5.74, 6) is -0.935. The zero-order chi connectivity index (χ0) is 20.1. The van der Waals surface area contributed by atoms with E-state index in [1.54, 1.807) is 14.0 Å². The Morgan fingerprint density at radius 3 is 2.54 bits per heavy atom. The Balaban J connectivity index is 1.54. The molecule has 0 atom stereocenters. The van der Waals surface area contributed by atoms with Crippen LogP contribution in [-0.4, -0.2) is 71.6 Å². The average Bonchev–Trinajstić information content (AvgIpc) is 2.97. The lowest BCUT2D eigenvalue weighted by molar-refractivity contribution is -0.125. The molecule has 1 aromatic heterocycles. The summed E-state index contributed by atoms with van der Waals surface area (Å²) in [6.07, 6.45) is 5.71. The minimum absolute atomic E-state index is 0.0229. The Morgan fingerprint density at radius 1 is 1.25 bits per heavy atom. The number of nitrogens with one attached hydrogen (secondary N) is 1. The number of carbonyl (C=O) groups is 2. The average molecular weight is 413 g/mol. The molecule has 2 aliphatic rings. The van der Waals surface area contributed by atoms with E-state index in [-0.39, 0.29) is 28.8 Å². The highest BCUT2D eigenvalue weighted by molar-refractivity contribution is 6.32. The molecule has 1 aliphatic carbocycles. The van der Waals surface area contributed by atoms with Gasteiger partial charge in [0.25, 0.3) is 5.91 Å². The summed E-state index contributed by atoms with van der Waals surface area (Å²) in [4.78, 5) is 27.1. The molecule has 0 aromatic carbocycles. The molecule has 9 heteroatoms. The molecule has 0 unspecified atom stereocenters. The molecule has 28 heavy (non-hydrogen) atoms. The Bertz CT molecular complexity index is 709. The molecular formula is C19H29ClN4O4. The van der Waals surface area contributed by atoms with Crippen LogP contribution in [0.15, 0.2) is 0 Å². The summed E-state index contributed by atoms with van der Waals surface area (Å²) in [5.41, 5.74) is 0.658. The zero-order valence-corrected chi connectivity index (χ0v) is 17.4. The molecule has 1 saturated carbocycles. The number of esters is 1. The molecule has 8 nitrogen and oxygen atoms in total. The van der Waals surface area contributed by atoms with Crippen LogP contribution in [0.5, 0.6) is 0 Å². The van der Waals surface area contributed by atoms with E-state index < -0.39 is 5.97 Å². The number of rotatable bonds is 6. The second kappa shape index (κ2) is 9.24. The smallest absolute Gasteiger partial charge is 0.343 e. The topological polar surface area (TPSA) is 85.7 Å². The first-order chi connectivity index (χ1) is 13.4. The molecule has 3 rings (SSSR count). The third-order valence-corrected chi connectivity index (χ3v) is 6.21. The van der Waals surface area contributed by atoms with Crippen molar-refractivity contribution < 1.29 is 19.1 Å². The second-order valence-electron chi connectivity index (χ2n) is 7.61. The van der Waals surface area contributed by atoms with Gasteiger partial charge < -0.3 is 14.8 Å². The van der Waals surface area contributed by atoms with Crippen molar-refractivity contribution in [1.82, 2.24) is 20.0 Å². The van der Waals surface area contributed by atoms with Gasteiger partial charge in [-0.3, -0.25) is 14.4 Å².